The Morgan fingerprint density at radius 3 is 2.23 bits per heavy atom. The van der Waals surface area contributed by atoms with Crippen LogP contribution in [0.4, 0.5) is 5.69 Å². The quantitative estimate of drug-likeness (QED) is 0.421. The van der Waals surface area contributed by atoms with Gasteiger partial charge in [-0.1, -0.05) is 51.9 Å². The van der Waals surface area contributed by atoms with Gasteiger partial charge >= 0.3 is 5.97 Å². The highest BCUT2D eigenvalue weighted by atomic mass is 16.5. The molecule has 0 aromatic heterocycles. The number of benzene rings is 1. The fraction of sp³-hybridized carbons (Fsp3) is 0.588. The smallest absolute Gasteiger partial charge is 0.341 e. The molecule has 1 aromatic carbocycles. The molecule has 0 atom stereocenters. The van der Waals surface area contributed by atoms with Crippen molar-refractivity contribution < 1.29 is 19.7 Å². The average Bonchev–Trinajstić information content (AvgIpc) is 2.44. The van der Waals surface area contributed by atoms with E-state index in [2.05, 4.69) is 6.92 Å². The van der Waals surface area contributed by atoms with Crippen LogP contribution in [0.3, 0.4) is 0 Å². The maximum absolute atomic E-state index is 10.9. The molecule has 0 heterocycles. The molecular formula is C17H27NO4. The van der Waals surface area contributed by atoms with Crippen LogP contribution >= 0.6 is 0 Å². The van der Waals surface area contributed by atoms with Crippen molar-refractivity contribution in [1.82, 2.24) is 0 Å². The highest BCUT2D eigenvalue weighted by Gasteiger charge is 2.15. The molecule has 0 aliphatic rings. The van der Waals surface area contributed by atoms with Gasteiger partial charge in [0.25, 0.3) is 0 Å². The Labute approximate surface area is 132 Å². The number of carboxylic acid groups (broad SMARTS) is 1. The van der Waals surface area contributed by atoms with E-state index in [1.165, 1.54) is 50.7 Å². The molecule has 0 aliphatic carbocycles. The largest absolute Gasteiger partial charge is 0.507 e. The summed E-state index contributed by atoms with van der Waals surface area (Å²) in [4.78, 5) is 10.9. The third-order valence-electron chi connectivity index (χ3n) is 3.60. The minimum atomic E-state index is -1.25. The number of anilines is 1. The Balaban J connectivity index is 2.24. The van der Waals surface area contributed by atoms with E-state index in [4.69, 9.17) is 15.6 Å². The summed E-state index contributed by atoms with van der Waals surface area (Å²) in [5, 5.41) is 18.6. The summed E-state index contributed by atoms with van der Waals surface area (Å²) in [7, 11) is 0. The van der Waals surface area contributed by atoms with Gasteiger partial charge in [0.2, 0.25) is 0 Å². The van der Waals surface area contributed by atoms with Gasteiger partial charge in [-0.2, -0.15) is 0 Å². The predicted molar refractivity (Wildman–Crippen MR) is 87.6 cm³/mol. The Hall–Kier alpha value is -1.91. The van der Waals surface area contributed by atoms with Crippen LogP contribution in [0.15, 0.2) is 12.1 Å². The van der Waals surface area contributed by atoms with Crippen LogP contribution in [0.2, 0.25) is 0 Å². The van der Waals surface area contributed by atoms with Crippen molar-refractivity contribution in [2.24, 2.45) is 0 Å². The first kappa shape index (κ1) is 18.1. The Morgan fingerprint density at radius 2 is 1.68 bits per heavy atom. The summed E-state index contributed by atoms with van der Waals surface area (Å²) >= 11 is 0. The third-order valence-corrected chi connectivity index (χ3v) is 3.60. The van der Waals surface area contributed by atoms with E-state index in [9.17, 15) is 9.90 Å². The second-order valence-corrected chi connectivity index (χ2v) is 5.54. The number of unbranched alkanes of at least 4 members (excludes halogenated alkanes) is 7. The van der Waals surface area contributed by atoms with Gasteiger partial charge in [-0.3, -0.25) is 0 Å². The molecule has 4 N–H and O–H groups in total. The lowest BCUT2D eigenvalue weighted by atomic mass is 10.1. The highest BCUT2D eigenvalue weighted by Crippen LogP contribution is 2.29. The second kappa shape index (κ2) is 9.92. The van der Waals surface area contributed by atoms with Crippen LogP contribution in [-0.4, -0.2) is 22.8 Å². The van der Waals surface area contributed by atoms with Crippen LogP contribution in [0.5, 0.6) is 11.5 Å². The molecule has 0 saturated carbocycles. The van der Waals surface area contributed by atoms with Crippen molar-refractivity contribution >= 4 is 11.7 Å². The number of carboxylic acids is 1. The molecule has 0 unspecified atom stereocenters. The summed E-state index contributed by atoms with van der Waals surface area (Å²) in [5.41, 5.74) is 5.35. The van der Waals surface area contributed by atoms with Crippen molar-refractivity contribution in [1.29, 1.82) is 0 Å². The van der Waals surface area contributed by atoms with Gasteiger partial charge in [-0.15, -0.1) is 0 Å². The molecule has 0 spiro atoms. The molecule has 0 bridgehead atoms. The second-order valence-electron chi connectivity index (χ2n) is 5.54. The number of nitrogens with two attached hydrogens (primary N) is 1. The standard InChI is InChI=1S/C17H27NO4/c1-2-3-4-5-6-7-8-9-10-22-13-11-14(18)16(17(20)21)15(19)12-13/h11-12,19H,2-10,18H2,1H3,(H,20,21). The van der Waals surface area contributed by atoms with E-state index in [1.807, 2.05) is 0 Å². The summed E-state index contributed by atoms with van der Waals surface area (Å²) in [6.45, 7) is 2.76. The number of hydrogen-bond acceptors (Lipinski definition) is 4. The number of aromatic carboxylic acids is 1. The molecule has 5 heteroatoms. The van der Waals surface area contributed by atoms with Gasteiger partial charge in [0.05, 0.1) is 12.3 Å². The number of carbonyl (C=O) groups is 1. The molecule has 0 fully saturated rings. The SMILES string of the molecule is CCCCCCCCCCOc1cc(N)c(C(=O)O)c(O)c1. The van der Waals surface area contributed by atoms with E-state index in [-0.39, 0.29) is 17.0 Å². The third kappa shape index (κ3) is 6.24. The fourth-order valence-electron chi connectivity index (χ4n) is 2.36. The lowest BCUT2D eigenvalue weighted by Gasteiger charge is -2.10. The van der Waals surface area contributed by atoms with E-state index < -0.39 is 5.97 Å². The zero-order valence-electron chi connectivity index (χ0n) is 13.3. The zero-order valence-corrected chi connectivity index (χ0v) is 13.3. The summed E-state index contributed by atoms with van der Waals surface area (Å²) in [5.74, 6) is -1.20. The van der Waals surface area contributed by atoms with Gasteiger partial charge < -0.3 is 20.7 Å². The molecule has 5 nitrogen and oxygen atoms in total. The van der Waals surface area contributed by atoms with Crippen LogP contribution in [0.25, 0.3) is 0 Å². The Bertz CT molecular complexity index is 451. The molecule has 0 radical (unpaired) electrons. The monoisotopic (exact) mass is 309 g/mol. The first-order chi connectivity index (χ1) is 10.6. The molecule has 0 saturated heterocycles. The zero-order chi connectivity index (χ0) is 16.4. The van der Waals surface area contributed by atoms with Crippen molar-refractivity contribution in [3.05, 3.63) is 17.7 Å². The molecule has 1 aromatic rings. The number of ether oxygens (including phenoxy) is 1. The summed E-state index contributed by atoms with van der Waals surface area (Å²) < 4.78 is 5.51. The molecule has 1 rings (SSSR count). The van der Waals surface area contributed by atoms with E-state index >= 15 is 0 Å². The van der Waals surface area contributed by atoms with E-state index in [1.54, 1.807) is 0 Å². The van der Waals surface area contributed by atoms with Crippen LogP contribution in [-0.2, 0) is 0 Å². The van der Waals surface area contributed by atoms with Crippen LogP contribution in [0, 0.1) is 0 Å². The first-order valence-corrected chi connectivity index (χ1v) is 8.04. The number of rotatable bonds is 11. The average molecular weight is 309 g/mol. The number of nitrogen functional groups attached to an aromatic ring is 1. The van der Waals surface area contributed by atoms with Crippen molar-refractivity contribution in [3.8, 4) is 11.5 Å². The Morgan fingerprint density at radius 1 is 1.09 bits per heavy atom. The topological polar surface area (TPSA) is 92.8 Å². The molecule has 0 amide bonds. The number of phenols is 1. The van der Waals surface area contributed by atoms with Crippen molar-refractivity contribution in [3.63, 3.8) is 0 Å². The molecule has 22 heavy (non-hydrogen) atoms. The predicted octanol–water partition coefficient (Wildman–Crippen LogP) is 4.19. The van der Waals surface area contributed by atoms with Gasteiger partial charge in [-0.05, 0) is 6.42 Å². The maximum atomic E-state index is 10.9. The van der Waals surface area contributed by atoms with Gasteiger partial charge in [0.15, 0.2) is 0 Å². The number of hydrogen-bond donors (Lipinski definition) is 3. The van der Waals surface area contributed by atoms with Gasteiger partial charge in [-0.25, -0.2) is 4.79 Å². The van der Waals surface area contributed by atoms with Gasteiger partial charge in [0, 0.05) is 12.1 Å². The minimum Gasteiger partial charge on any atom is -0.507 e. The lowest BCUT2D eigenvalue weighted by molar-refractivity contribution is 0.0695. The summed E-state index contributed by atoms with van der Waals surface area (Å²) in [6, 6.07) is 2.73. The molecule has 0 aliphatic heterocycles. The molecule has 124 valence electrons. The Kier molecular flexibility index (Phi) is 8.18. The summed E-state index contributed by atoms with van der Waals surface area (Å²) in [6.07, 6.45) is 9.73. The lowest BCUT2D eigenvalue weighted by Crippen LogP contribution is -2.04. The van der Waals surface area contributed by atoms with E-state index in [0.29, 0.717) is 12.4 Å². The normalized spacial score (nSPS) is 10.6. The highest BCUT2D eigenvalue weighted by molar-refractivity contribution is 5.97. The maximum Gasteiger partial charge on any atom is 0.341 e. The van der Waals surface area contributed by atoms with Crippen LogP contribution in [0.1, 0.15) is 68.6 Å². The molecular weight excluding hydrogens is 282 g/mol. The van der Waals surface area contributed by atoms with Crippen molar-refractivity contribution in [2.75, 3.05) is 12.3 Å². The van der Waals surface area contributed by atoms with E-state index in [0.717, 1.165) is 12.8 Å². The minimum absolute atomic E-state index is 0.0124. The van der Waals surface area contributed by atoms with Crippen LogP contribution < -0.4 is 10.5 Å². The van der Waals surface area contributed by atoms with Crippen molar-refractivity contribution in [2.45, 2.75) is 58.3 Å². The first-order valence-electron chi connectivity index (χ1n) is 8.04. The number of aromatic hydroxyl groups is 1. The fourth-order valence-corrected chi connectivity index (χ4v) is 2.36. The van der Waals surface area contributed by atoms with Gasteiger partial charge in [0.1, 0.15) is 17.1 Å².